The topological polar surface area (TPSA) is 56.2 Å². The molecule has 3 saturated carbocycles. The van der Waals surface area contributed by atoms with E-state index in [-0.39, 0.29) is 24.9 Å². The van der Waals surface area contributed by atoms with Crippen molar-refractivity contribution in [3.8, 4) is 0 Å². The van der Waals surface area contributed by atoms with Crippen molar-refractivity contribution >= 4 is 11.9 Å². The predicted molar refractivity (Wildman–Crippen MR) is 89.1 cm³/mol. The van der Waals surface area contributed by atoms with Crippen LogP contribution in [0.3, 0.4) is 0 Å². The lowest BCUT2D eigenvalue weighted by Gasteiger charge is -2.28. The number of halogens is 2. The Hall–Kier alpha value is -1.66. The molecule has 1 aromatic heterocycles. The molecule has 5 nitrogen and oxygen atoms in total. The second-order valence-corrected chi connectivity index (χ2v) is 7.78. The van der Waals surface area contributed by atoms with Crippen LogP contribution in [0.2, 0.25) is 0 Å². The molecule has 1 heterocycles. The lowest BCUT2D eigenvalue weighted by atomic mass is 9.78. The zero-order valence-electron chi connectivity index (χ0n) is 14.6. The molecule has 0 spiro atoms. The smallest absolute Gasteiger partial charge is 0.413 e. The molecule has 4 rings (SSSR count). The van der Waals surface area contributed by atoms with Gasteiger partial charge in [-0.25, -0.2) is 13.6 Å². The first-order valence-corrected chi connectivity index (χ1v) is 9.35. The van der Waals surface area contributed by atoms with Crippen LogP contribution in [-0.4, -0.2) is 27.9 Å². The fraction of sp³-hybridized carbons (Fsp3) is 0.778. The van der Waals surface area contributed by atoms with E-state index in [4.69, 9.17) is 4.74 Å². The largest absolute Gasteiger partial charge is 0.446 e. The summed E-state index contributed by atoms with van der Waals surface area (Å²) in [6, 6.07) is 0. The SMILES string of the molecule is Cn1nc(C2CCC(F)(F)C2)c(C2CCC2)c1NC(=O)OC1CCC1. The average molecular weight is 353 g/mol. The van der Waals surface area contributed by atoms with Gasteiger partial charge in [-0.15, -0.1) is 0 Å². The third-order valence-electron chi connectivity index (χ3n) is 5.96. The third-order valence-corrected chi connectivity index (χ3v) is 5.96. The zero-order chi connectivity index (χ0) is 17.6. The number of aryl methyl sites for hydroxylation is 1. The average Bonchev–Trinajstić information content (AvgIpc) is 2.95. The number of amides is 1. The maximum Gasteiger partial charge on any atom is 0.413 e. The first-order valence-electron chi connectivity index (χ1n) is 9.35. The number of nitrogens with one attached hydrogen (secondary N) is 1. The van der Waals surface area contributed by atoms with Gasteiger partial charge in [0.1, 0.15) is 11.9 Å². The van der Waals surface area contributed by atoms with Gasteiger partial charge in [0.15, 0.2) is 0 Å². The fourth-order valence-electron chi connectivity index (χ4n) is 4.06. The number of aromatic nitrogens is 2. The molecule has 7 heteroatoms. The highest BCUT2D eigenvalue weighted by Gasteiger charge is 2.43. The fourth-order valence-corrected chi connectivity index (χ4v) is 4.06. The number of hydrogen-bond acceptors (Lipinski definition) is 3. The van der Waals surface area contributed by atoms with E-state index in [9.17, 15) is 13.6 Å². The quantitative estimate of drug-likeness (QED) is 0.854. The Morgan fingerprint density at radius 3 is 2.44 bits per heavy atom. The summed E-state index contributed by atoms with van der Waals surface area (Å²) in [5.41, 5.74) is 1.71. The van der Waals surface area contributed by atoms with Crippen molar-refractivity contribution in [3.05, 3.63) is 11.3 Å². The van der Waals surface area contributed by atoms with Crippen LogP contribution in [0.4, 0.5) is 19.4 Å². The van der Waals surface area contributed by atoms with E-state index in [1.807, 2.05) is 0 Å². The van der Waals surface area contributed by atoms with Gasteiger partial charge >= 0.3 is 6.09 Å². The molecular formula is C18H25F2N3O2. The highest BCUT2D eigenvalue weighted by Crippen LogP contribution is 2.49. The molecule has 1 N–H and O–H groups in total. The van der Waals surface area contributed by atoms with E-state index in [0.717, 1.165) is 49.8 Å². The minimum atomic E-state index is -2.60. The van der Waals surface area contributed by atoms with Gasteiger partial charge in [0.2, 0.25) is 5.92 Å². The Morgan fingerprint density at radius 1 is 1.20 bits per heavy atom. The number of ether oxygens (including phenoxy) is 1. The van der Waals surface area contributed by atoms with Crippen molar-refractivity contribution in [1.82, 2.24) is 9.78 Å². The summed E-state index contributed by atoms with van der Waals surface area (Å²) in [6.07, 6.45) is 5.87. The van der Waals surface area contributed by atoms with Crippen LogP contribution < -0.4 is 5.32 Å². The molecule has 0 bridgehead atoms. The van der Waals surface area contributed by atoms with Crippen molar-refractivity contribution in [3.63, 3.8) is 0 Å². The Labute approximate surface area is 146 Å². The molecule has 0 aromatic carbocycles. The molecule has 1 atom stereocenters. The van der Waals surface area contributed by atoms with Crippen LogP contribution in [0.5, 0.6) is 0 Å². The second-order valence-electron chi connectivity index (χ2n) is 7.78. The first kappa shape index (κ1) is 16.8. The number of hydrogen-bond donors (Lipinski definition) is 1. The van der Waals surface area contributed by atoms with Crippen molar-refractivity contribution in [2.24, 2.45) is 7.05 Å². The van der Waals surface area contributed by atoms with Crippen LogP contribution >= 0.6 is 0 Å². The molecule has 3 aliphatic carbocycles. The van der Waals surface area contributed by atoms with Crippen LogP contribution in [0.25, 0.3) is 0 Å². The summed E-state index contributed by atoms with van der Waals surface area (Å²) in [4.78, 5) is 12.2. The third kappa shape index (κ3) is 3.25. The standard InChI is InChI=1S/C18H25F2N3O2/c1-23-16(21-17(24)25-13-6-3-7-13)14(11-4-2-5-11)15(22-23)12-8-9-18(19,20)10-12/h11-13H,2-10H2,1H3,(H,21,24). The number of anilines is 1. The van der Waals surface area contributed by atoms with Crippen LogP contribution in [0.1, 0.15) is 80.9 Å². The molecule has 1 unspecified atom stereocenters. The maximum absolute atomic E-state index is 13.7. The lowest BCUT2D eigenvalue weighted by molar-refractivity contribution is 0.00760. The Bertz CT molecular complexity index is 666. The van der Waals surface area contributed by atoms with Crippen molar-refractivity contribution in [2.75, 3.05) is 5.32 Å². The van der Waals surface area contributed by atoms with E-state index in [0.29, 0.717) is 18.2 Å². The van der Waals surface area contributed by atoms with E-state index < -0.39 is 12.0 Å². The number of carbonyl (C=O) groups excluding carboxylic acids is 1. The van der Waals surface area contributed by atoms with E-state index >= 15 is 0 Å². The highest BCUT2D eigenvalue weighted by molar-refractivity contribution is 5.85. The highest BCUT2D eigenvalue weighted by atomic mass is 19.3. The molecule has 1 aromatic rings. The number of carbonyl (C=O) groups is 1. The Morgan fingerprint density at radius 2 is 1.92 bits per heavy atom. The van der Waals surface area contributed by atoms with Gasteiger partial charge in [-0.1, -0.05) is 6.42 Å². The summed E-state index contributed by atoms with van der Waals surface area (Å²) in [6.45, 7) is 0. The van der Waals surface area contributed by atoms with Gasteiger partial charge in [-0.2, -0.15) is 5.10 Å². The minimum Gasteiger partial charge on any atom is -0.446 e. The van der Waals surface area contributed by atoms with Crippen LogP contribution in [0.15, 0.2) is 0 Å². The second kappa shape index (κ2) is 6.25. The van der Waals surface area contributed by atoms with Gasteiger partial charge in [0.05, 0.1) is 5.69 Å². The number of rotatable bonds is 4. The summed E-state index contributed by atoms with van der Waals surface area (Å²) in [7, 11) is 1.76. The van der Waals surface area contributed by atoms with Crippen molar-refractivity contribution < 1.29 is 18.3 Å². The van der Waals surface area contributed by atoms with Gasteiger partial charge in [0.25, 0.3) is 0 Å². The number of nitrogens with zero attached hydrogens (tertiary/aromatic N) is 2. The lowest BCUT2D eigenvalue weighted by Crippen LogP contribution is -2.28. The molecule has 0 saturated heterocycles. The summed E-state index contributed by atoms with van der Waals surface area (Å²) < 4.78 is 34.4. The van der Waals surface area contributed by atoms with Crippen molar-refractivity contribution in [2.45, 2.75) is 81.6 Å². The number of alkyl halides is 2. The molecular weight excluding hydrogens is 328 g/mol. The first-order chi connectivity index (χ1) is 11.9. The molecule has 25 heavy (non-hydrogen) atoms. The van der Waals surface area contributed by atoms with Crippen LogP contribution in [-0.2, 0) is 11.8 Å². The minimum absolute atomic E-state index is 0.00775. The zero-order valence-corrected chi connectivity index (χ0v) is 14.6. The van der Waals surface area contributed by atoms with Gasteiger partial charge in [0, 0.05) is 31.4 Å². The summed E-state index contributed by atoms with van der Waals surface area (Å²) >= 11 is 0. The van der Waals surface area contributed by atoms with Crippen LogP contribution in [0, 0.1) is 0 Å². The maximum atomic E-state index is 13.7. The van der Waals surface area contributed by atoms with Gasteiger partial charge in [-0.05, 0) is 44.4 Å². The van der Waals surface area contributed by atoms with E-state index in [1.165, 1.54) is 0 Å². The monoisotopic (exact) mass is 353 g/mol. The predicted octanol–water partition coefficient (Wildman–Crippen LogP) is 4.69. The van der Waals surface area contributed by atoms with E-state index in [1.54, 1.807) is 11.7 Å². The molecule has 0 radical (unpaired) electrons. The Kier molecular flexibility index (Phi) is 4.20. The van der Waals surface area contributed by atoms with Crippen molar-refractivity contribution in [1.29, 1.82) is 0 Å². The molecule has 1 amide bonds. The molecule has 3 fully saturated rings. The van der Waals surface area contributed by atoms with Gasteiger partial charge < -0.3 is 4.74 Å². The van der Waals surface area contributed by atoms with E-state index in [2.05, 4.69) is 10.4 Å². The Balaban J connectivity index is 1.58. The molecule has 138 valence electrons. The molecule has 0 aliphatic heterocycles. The normalized spacial score (nSPS) is 26.1. The molecule has 3 aliphatic rings. The van der Waals surface area contributed by atoms with Gasteiger partial charge in [-0.3, -0.25) is 10.00 Å². The summed E-state index contributed by atoms with van der Waals surface area (Å²) in [5.74, 6) is -1.90. The summed E-state index contributed by atoms with van der Waals surface area (Å²) in [5, 5.41) is 7.38.